The molecule has 0 saturated heterocycles. The Morgan fingerprint density at radius 2 is 1.77 bits per heavy atom. The zero-order valence-electron chi connectivity index (χ0n) is 13.3. The third-order valence-corrected chi connectivity index (χ3v) is 3.84. The maximum Gasteiger partial charge on any atom is 0.251 e. The van der Waals surface area contributed by atoms with Crippen LogP contribution in [-0.4, -0.2) is 12.5 Å². The van der Waals surface area contributed by atoms with E-state index in [4.69, 9.17) is 11.6 Å². The van der Waals surface area contributed by atoms with Crippen LogP contribution < -0.4 is 5.32 Å². The van der Waals surface area contributed by atoms with Crippen molar-refractivity contribution in [1.29, 1.82) is 0 Å². The molecule has 22 heavy (non-hydrogen) atoms. The smallest absolute Gasteiger partial charge is 0.251 e. The first-order chi connectivity index (χ1) is 10.4. The molecule has 2 rings (SSSR count). The summed E-state index contributed by atoms with van der Waals surface area (Å²) in [4.78, 5) is 12.1. The second-order valence-electron chi connectivity index (χ2n) is 6.46. The van der Waals surface area contributed by atoms with E-state index in [2.05, 4.69) is 26.1 Å². The van der Waals surface area contributed by atoms with Gasteiger partial charge in [-0.25, -0.2) is 0 Å². The quantitative estimate of drug-likeness (QED) is 0.877. The standard InChI is InChI=1S/C19H22ClNO/c1-19(2,3)16-9-7-15(8-10-16)18(22)21-12-11-14-5-4-6-17(20)13-14/h4-10,13H,11-12H2,1-3H3,(H,21,22). The molecule has 0 bridgehead atoms. The van der Waals surface area contributed by atoms with Crippen molar-refractivity contribution in [3.63, 3.8) is 0 Å². The number of carbonyl (C=O) groups is 1. The molecule has 0 aliphatic carbocycles. The molecule has 2 aromatic carbocycles. The van der Waals surface area contributed by atoms with E-state index in [1.54, 1.807) is 0 Å². The Morgan fingerprint density at radius 3 is 2.36 bits per heavy atom. The van der Waals surface area contributed by atoms with E-state index in [1.807, 2.05) is 48.5 Å². The maximum atomic E-state index is 12.1. The first-order valence-electron chi connectivity index (χ1n) is 7.49. The van der Waals surface area contributed by atoms with Gasteiger partial charge < -0.3 is 5.32 Å². The van der Waals surface area contributed by atoms with Gasteiger partial charge in [0, 0.05) is 17.1 Å². The Balaban J connectivity index is 1.90. The number of rotatable bonds is 4. The molecule has 3 heteroatoms. The van der Waals surface area contributed by atoms with Crippen LogP contribution in [0.5, 0.6) is 0 Å². The molecule has 0 atom stereocenters. The monoisotopic (exact) mass is 315 g/mol. The molecule has 116 valence electrons. The van der Waals surface area contributed by atoms with Crippen LogP contribution in [0, 0.1) is 0 Å². The van der Waals surface area contributed by atoms with Gasteiger partial charge in [0.15, 0.2) is 0 Å². The Bertz CT molecular complexity index is 641. The van der Waals surface area contributed by atoms with E-state index < -0.39 is 0 Å². The minimum absolute atomic E-state index is 0.0394. The normalized spacial score (nSPS) is 11.3. The predicted molar refractivity (Wildman–Crippen MR) is 92.6 cm³/mol. The van der Waals surface area contributed by atoms with Crippen molar-refractivity contribution < 1.29 is 4.79 Å². The van der Waals surface area contributed by atoms with Crippen LogP contribution in [0.4, 0.5) is 0 Å². The highest BCUT2D eigenvalue weighted by Crippen LogP contribution is 2.22. The van der Waals surface area contributed by atoms with Crippen molar-refractivity contribution in [3.05, 3.63) is 70.2 Å². The lowest BCUT2D eigenvalue weighted by molar-refractivity contribution is 0.0954. The molecule has 1 N–H and O–H groups in total. The molecule has 0 saturated carbocycles. The van der Waals surface area contributed by atoms with Crippen molar-refractivity contribution in [2.24, 2.45) is 0 Å². The molecular weight excluding hydrogens is 294 g/mol. The number of amides is 1. The third kappa shape index (κ3) is 4.60. The topological polar surface area (TPSA) is 29.1 Å². The summed E-state index contributed by atoms with van der Waals surface area (Å²) in [6.45, 7) is 7.08. The molecule has 0 aliphatic heterocycles. The number of hydrogen-bond acceptors (Lipinski definition) is 1. The molecule has 0 radical (unpaired) electrons. The molecule has 0 spiro atoms. The fraction of sp³-hybridized carbons (Fsp3) is 0.316. The van der Waals surface area contributed by atoms with Crippen LogP contribution in [0.2, 0.25) is 5.02 Å². The Hall–Kier alpha value is -1.80. The fourth-order valence-corrected chi connectivity index (χ4v) is 2.45. The average molecular weight is 316 g/mol. The lowest BCUT2D eigenvalue weighted by atomic mass is 9.87. The van der Waals surface area contributed by atoms with E-state index in [0.29, 0.717) is 12.1 Å². The van der Waals surface area contributed by atoms with Crippen molar-refractivity contribution in [2.75, 3.05) is 6.54 Å². The Kier molecular flexibility index (Phi) is 5.25. The van der Waals surface area contributed by atoms with Gasteiger partial charge in [-0.1, -0.05) is 56.6 Å². The van der Waals surface area contributed by atoms with Crippen LogP contribution in [-0.2, 0) is 11.8 Å². The summed E-state index contributed by atoms with van der Waals surface area (Å²) in [5, 5.41) is 3.67. The molecule has 0 aromatic heterocycles. The minimum Gasteiger partial charge on any atom is -0.352 e. The first kappa shape index (κ1) is 16.6. The number of halogens is 1. The minimum atomic E-state index is -0.0394. The van der Waals surface area contributed by atoms with Crippen molar-refractivity contribution in [2.45, 2.75) is 32.6 Å². The zero-order chi connectivity index (χ0) is 16.2. The van der Waals surface area contributed by atoms with Crippen molar-refractivity contribution >= 4 is 17.5 Å². The number of nitrogens with one attached hydrogen (secondary N) is 1. The van der Waals surface area contributed by atoms with Crippen LogP contribution >= 0.6 is 11.6 Å². The Morgan fingerprint density at radius 1 is 1.09 bits per heavy atom. The van der Waals surface area contributed by atoms with E-state index in [0.717, 1.165) is 17.0 Å². The van der Waals surface area contributed by atoms with Crippen LogP contribution in [0.25, 0.3) is 0 Å². The van der Waals surface area contributed by atoms with Crippen LogP contribution in [0.1, 0.15) is 42.3 Å². The largest absolute Gasteiger partial charge is 0.352 e. The molecule has 2 nitrogen and oxygen atoms in total. The number of benzene rings is 2. The zero-order valence-corrected chi connectivity index (χ0v) is 14.1. The van der Waals surface area contributed by atoms with Crippen LogP contribution in [0.15, 0.2) is 48.5 Å². The van der Waals surface area contributed by atoms with Crippen molar-refractivity contribution in [3.8, 4) is 0 Å². The molecule has 0 heterocycles. The predicted octanol–water partition coefficient (Wildman–Crippen LogP) is 4.61. The molecule has 0 aliphatic rings. The summed E-state index contributed by atoms with van der Waals surface area (Å²) in [7, 11) is 0. The molecule has 1 amide bonds. The summed E-state index contributed by atoms with van der Waals surface area (Å²) >= 11 is 5.95. The molecule has 2 aromatic rings. The number of hydrogen-bond donors (Lipinski definition) is 1. The van der Waals surface area contributed by atoms with Crippen LogP contribution in [0.3, 0.4) is 0 Å². The SMILES string of the molecule is CC(C)(C)c1ccc(C(=O)NCCc2cccc(Cl)c2)cc1. The van der Waals surface area contributed by atoms with Gasteiger partial charge in [0.25, 0.3) is 5.91 Å². The van der Waals surface area contributed by atoms with Gasteiger partial charge in [-0.3, -0.25) is 4.79 Å². The maximum absolute atomic E-state index is 12.1. The van der Waals surface area contributed by atoms with Gasteiger partial charge in [-0.05, 0) is 47.2 Å². The summed E-state index contributed by atoms with van der Waals surface area (Å²) in [5.41, 5.74) is 3.14. The van der Waals surface area contributed by atoms with E-state index in [1.165, 1.54) is 5.56 Å². The molecular formula is C19H22ClNO. The van der Waals surface area contributed by atoms with E-state index in [9.17, 15) is 4.79 Å². The summed E-state index contributed by atoms with van der Waals surface area (Å²) in [5.74, 6) is -0.0394. The van der Waals surface area contributed by atoms with Gasteiger partial charge in [0.05, 0.1) is 0 Å². The third-order valence-electron chi connectivity index (χ3n) is 3.60. The molecule has 0 unspecified atom stereocenters. The number of carbonyl (C=O) groups excluding carboxylic acids is 1. The highest BCUT2D eigenvalue weighted by atomic mass is 35.5. The van der Waals surface area contributed by atoms with Gasteiger partial charge in [-0.15, -0.1) is 0 Å². The van der Waals surface area contributed by atoms with Crippen molar-refractivity contribution in [1.82, 2.24) is 5.32 Å². The summed E-state index contributed by atoms with van der Waals surface area (Å²) in [6, 6.07) is 15.5. The van der Waals surface area contributed by atoms with Gasteiger partial charge in [0.2, 0.25) is 0 Å². The van der Waals surface area contributed by atoms with Gasteiger partial charge in [-0.2, -0.15) is 0 Å². The first-order valence-corrected chi connectivity index (χ1v) is 7.87. The lowest BCUT2D eigenvalue weighted by Crippen LogP contribution is -2.25. The second-order valence-corrected chi connectivity index (χ2v) is 6.90. The highest BCUT2D eigenvalue weighted by molar-refractivity contribution is 6.30. The Labute approximate surface area is 137 Å². The molecule has 0 fully saturated rings. The second kappa shape index (κ2) is 6.97. The summed E-state index contributed by atoms with van der Waals surface area (Å²) < 4.78 is 0. The van der Waals surface area contributed by atoms with Gasteiger partial charge >= 0.3 is 0 Å². The summed E-state index contributed by atoms with van der Waals surface area (Å²) in [6.07, 6.45) is 0.770. The lowest BCUT2D eigenvalue weighted by Gasteiger charge is -2.19. The fourth-order valence-electron chi connectivity index (χ4n) is 2.24. The van der Waals surface area contributed by atoms with E-state index in [-0.39, 0.29) is 11.3 Å². The average Bonchev–Trinajstić information content (AvgIpc) is 2.46. The highest BCUT2D eigenvalue weighted by Gasteiger charge is 2.14. The van der Waals surface area contributed by atoms with E-state index >= 15 is 0 Å². The van der Waals surface area contributed by atoms with Gasteiger partial charge in [0.1, 0.15) is 0 Å².